The average Bonchev–Trinajstić information content (AvgIpc) is 2.64. The van der Waals surface area contributed by atoms with E-state index >= 15 is 0 Å². The van der Waals surface area contributed by atoms with Crippen molar-refractivity contribution in [3.05, 3.63) is 65.2 Å². The standard InChI is InChI=1S/C21H30N4O.HI/c1-5-22-21(23-14-17-9-11-20(26-4)12-10-17)24-15-18-7-6-8-19(13-18)16-25(2)3;/h6-13H,5,14-16H2,1-4H3,(H2,22,23,24);1H. The van der Waals surface area contributed by atoms with Gasteiger partial charge in [0.15, 0.2) is 5.96 Å². The summed E-state index contributed by atoms with van der Waals surface area (Å²) in [5.41, 5.74) is 3.70. The number of hydrogen-bond acceptors (Lipinski definition) is 3. The summed E-state index contributed by atoms with van der Waals surface area (Å²) in [5, 5.41) is 6.68. The van der Waals surface area contributed by atoms with Crippen molar-refractivity contribution >= 4 is 29.9 Å². The number of benzene rings is 2. The van der Waals surface area contributed by atoms with Gasteiger partial charge < -0.3 is 20.3 Å². The van der Waals surface area contributed by atoms with Gasteiger partial charge in [-0.2, -0.15) is 0 Å². The van der Waals surface area contributed by atoms with E-state index in [0.29, 0.717) is 6.54 Å². The van der Waals surface area contributed by atoms with E-state index in [1.807, 2.05) is 12.1 Å². The van der Waals surface area contributed by atoms with Crippen LogP contribution < -0.4 is 15.4 Å². The molecule has 0 heterocycles. The Kier molecular flexibility index (Phi) is 10.8. The van der Waals surface area contributed by atoms with Gasteiger partial charge in [0.05, 0.1) is 13.7 Å². The van der Waals surface area contributed by atoms with E-state index in [1.54, 1.807) is 7.11 Å². The van der Waals surface area contributed by atoms with Gasteiger partial charge in [-0.05, 0) is 49.8 Å². The normalized spacial score (nSPS) is 11.1. The summed E-state index contributed by atoms with van der Waals surface area (Å²) in [6.07, 6.45) is 0. The van der Waals surface area contributed by atoms with Crippen molar-refractivity contribution in [3.8, 4) is 5.75 Å². The second kappa shape index (κ2) is 12.6. The zero-order valence-corrected chi connectivity index (χ0v) is 19.0. The van der Waals surface area contributed by atoms with Gasteiger partial charge in [-0.25, -0.2) is 4.99 Å². The number of hydrogen-bond donors (Lipinski definition) is 2. The van der Waals surface area contributed by atoms with Gasteiger partial charge in [-0.3, -0.25) is 0 Å². The third kappa shape index (κ3) is 8.62. The van der Waals surface area contributed by atoms with Crippen LogP contribution >= 0.6 is 24.0 Å². The van der Waals surface area contributed by atoms with Crippen LogP contribution in [-0.4, -0.2) is 38.6 Å². The molecule has 0 aromatic heterocycles. The molecular weight excluding hydrogens is 451 g/mol. The SMILES string of the molecule is CCNC(=NCc1cccc(CN(C)C)c1)NCc1ccc(OC)cc1.I. The summed E-state index contributed by atoms with van der Waals surface area (Å²) in [6, 6.07) is 16.6. The van der Waals surface area contributed by atoms with E-state index in [4.69, 9.17) is 9.73 Å². The van der Waals surface area contributed by atoms with E-state index < -0.39 is 0 Å². The number of nitrogens with one attached hydrogen (secondary N) is 2. The van der Waals surface area contributed by atoms with Crippen LogP contribution in [-0.2, 0) is 19.6 Å². The van der Waals surface area contributed by atoms with Crippen LogP contribution in [0.25, 0.3) is 0 Å². The zero-order valence-electron chi connectivity index (χ0n) is 16.7. The van der Waals surface area contributed by atoms with E-state index in [0.717, 1.165) is 31.3 Å². The molecule has 0 amide bonds. The first-order valence-electron chi connectivity index (χ1n) is 8.98. The number of ether oxygens (including phenoxy) is 1. The van der Waals surface area contributed by atoms with Crippen molar-refractivity contribution in [2.24, 2.45) is 4.99 Å². The largest absolute Gasteiger partial charge is 0.497 e. The summed E-state index contributed by atoms with van der Waals surface area (Å²) >= 11 is 0. The molecule has 0 saturated carbocycles. The Bertz CT molecular complexity index is 702. The molecule has 0 saturated heterocycles. The molecule has 2 aromatic rings. The molecule has 0 fully saturated rings. The molecule has 5 nitrogen and oxygen atoms in total. The molecule has 0 aliphatic heterocycles. The molecule has 148 valence electrons. The monoisotopic (exact) mass is 482 g/mol. The lowest BCUT2D eigenvalue weighted by Crippen LogP contribution is -2.36. The number of guanidine groups is 1. The smallest absolute Gasteiger partial charge is 0.191 e. The Morgan fingerprint density at radius 1 is 1.00 bits per heavy atom. The second-order valence-corrected chi connectivity index (χ2v) is 6.45. The number of nitrogens with zero attached hydrogens (tertiary/aromatic N) is 2. The van der Waals surface area contributed by atoms with Gasteiger partial charge in [0.2, 0.25) is 0 Å². The minimum absolute atomic E-state index is 0. The first-order valence-corrected chi connectivity index (χ1v) is 8.98. The van der Waals surface area contributed by atoms with Crippen molar-refractivity contribution in [1.82, 2.24) is 15.5 Å². The zero-order chi connectivity index (χ0) is 18.8. The lowest BCUT2D eigenvalue weighted by Gasteiger charge is -2.13. The Hall–Kier alpha value is -1.80. The predicted molar refractivity (Wildman–Crippen MR) is 124 cm³/mol. The summed E-state index contributed by atoms with van der Waals surface area (Å²) < 4.78 is 5.19. The molecular formula is C21H31IN4O. The fourth-order valence-electron chi connectivity index (χ4n) is 2.63. The molecule has 27 heavy (non-hydrogen) atoms. The van der Waals surface area contributed by atoms with Crippen molar-refractivity contribution in [1.29, 1.82) is 0 Å². The van der Waals surface area contributed by atoms with Crippen molar-refractivity contribution in [3.63, 3.8) is 0 Å². The maximum Gasteiger partial charge on any atom is 0.191 e. The lowest BCUT2D eigenvalue weighted by atomic mass is 10.1. The highest BCUT2D eigenvalue weighted by atomic mass is 127. The number of aliphatic imine (C=N–C) groups is 1. The van der Waals surface area contributed by atoms with Crippen LogP contribution in [0.5, 0.6) is 5.75 Å². The lowest BCUT2D eigenvalue weighted by molar-refractivity contribution is 0.402. The van der Waals surface area contributed by atoms with Crippen LogP contribution in [0.15, 0.2) is 53.5 Å². The molecule has 0 radical (unpaired) electrons. The minimum Gasteiger partial charge on any atom is -0.497 e. The molecule has 2 aromatic carbocycles. The predicted octanol–water partition coefficient (Wildman–Crippen LogP) is 3.63. The van der Waals surface area contributed by atoms with Gasteiger partial charge in [0, 0.05) is 19.6 Å². The van der Waals surface area contributed by atoms with Gasteiger partial charge >= 0.3 is 0 Å². The van der Waals surface area contributed by atoms with E-state index in [9.17, 15) is 0 Å². The Morgan fingerprint density at radius 2 is 1.70 bits per heavy atom. The molecule has 0 bridgehead atoms. The van der Waals surface area contributed by atoms with Crippen molar-refractivity contribution in [2.75, 3.05) is 27.7 Å². The molecule has 2 rings (SSSR count). The van der Waals surface area contributed by atoms with Gasteiger partial charge in [0.1, 0.15) is 5.75 Å². The summed E-state index contributed by atoms with van der Waals surface area (Å²) in [6.45, 7) is 5.21. The van der Waals surface area contributed by atoms with Crippen LogP contribution in [0.1, 0.15) is 23.6 Å². The highest BCUT2D eigenvalue weighted by molar-refractivity contribution is 14.0. The van der Waals surface area contributed by atoms with E-state index in [1.165, 1.54) is 16.7 Å². The first kappa shape index (κ1) is 23.2. The Morgan fingerprint density at radius 3 is 2.33 bits per heavy atom. The maximum absolute atomic E-state index is 5.19. The average molecular weight is 482 g/mol. The van der Waals surface area contributed by atoms with Crippen molar-refractivity contribution in [2.45, 2.75) is 26.6 Å². The topological polar surface area (TPSA) is 48.9 Å². The van der Waals surface area contributed by atoms with Crippen LogP contribution in [0, 0.1) is 0 Å². The van der Waals surface area contributed by atoms with Crippen LogP contribution in [0.2, 0.25) is 0 Å². The molecule has 0 aliphatic rings. The van der Waals surface area contributed by atoms with Gasteiger partial charge in [-0.15, -0.1) is 24.0 Å². The fraction of sp³-hybridized carbons (Fsp3) is 0.381. The molecule has 0 aliphatic carbocycles. The Balaban J connectivity index is 0.00000364. The van der Waals surface area contributed by atoms with Gasteiger partial charge in [-0.1, -0.05) is 36.4 Å². The molecule has 0 unspecified atom stereocenters. The highest BCUT2D eigenvalue weighted by Crippen LogP contribution is 2.11. The third-order valence-electron chi connectivity index (χ3n) is 3.87. The Labute approximate surface area is 180 Å². The second-order valence-electron chi connectivity index (χ2n) is 6.45. The molecule has 0 atom stereocenters. The van der Waals surface area contributed by atoms with Crippen LogP contribution in [0.4, 0.5) is 0 Å². The quantitative estimate of drug-likeness (QED) is 0.343. The number of methoxy groups -OCH3 is 1. The molecule has 0 spiro atoms. The molecule has 2 N–H and O–H groups in total. The number of rotatable bonds is 8. The minimum atomic E-state index is 0. The summed E-state index contributed by atoms with van der Waals surface area (Å²) in [4.78, 5) is 6.88. The van der Waals surface area contributed by atoms with Crippen molar-refractivity contribution < 1.29 is 4.74 Å². The third-order valence-corrected chi connectivity index (χ3v) is 3.87. The maximum atomic E-state index is 5.19. The fourth-order valence-corrected chi connectivity index (χ4v) is 2.63. The van der Waals surface area contributed by atoms with E-state index in [-0.39, 0.29) is 24.0 Å². The number of halogens is 1. The summed E-state index contributed by atoms with van der Waals surface area (Å²) in [7, 11) is 5.84. The van der Waals surface area contributed by atoms with Crippen LogP contribution in [0.3, 0.4) is 0 Å². The van der Waals surface area contributed by atoms with E-state index in [2.05, 4.69) is 73.0 Å². The highest BCUT2D eigenvalue weighted by Gasteiger charge is 2.01. The first-order chi connectivity index (χ1) is 12.6. The van der Waals surface area contributed by atoms with Gasteiger partial charge in [0.25, 0.3) is 0 Å². The summed E-state index contributed by atoms with van der Waals surface area (Å²) in [5.74, 6) is 1.69. The molecule has 6 heteroatoms.